The first-order chi connectivity index (χ1) is 9.43. The summed E-state index contributed by atoms with van der Waals surface area (Å²) in [6.07, 6.45) is 6.92. The molecule has 0 aromatic heterocycles. The van der Waals surface area contributed by atoms with Gasteiger partial charge in [-0.3, -0.25) is 9.80 Å². The second kappa shape index (κ2) is 4.92. The van der Waals surface area contributed by atoms with Crippen LogP contribution in [-0.2, 0) is 0 Å². The van der Waals surface area contributed by atoms with E-state index >= 15 is 0 Å². The summed E-state index contributed by atoms with van der Waals surface area (Å²) in [4.78, 5) is 5.46. The summed E-state index contributed by atoms with van der Waals surface area (Å²) in [6.45, 7) is 5.24. The Morgan fingerprint density at radius 1 is 0.684 bits per heavy atom. The van der Waals surface area contributed by atoms with Crippen molar-refractivity contribution in [3.05, 3.63) is 35.4 Å². The molecule has 0 spiro atoms. The fourth-order valence-electron chi connectivity index (χ4n) is 4.38. The molecular weight excluding hydrogens is 232 g/mol. The van der Waals surface area contributed by atoms with Crippen LogP contribution in [0.3, 0.4) is 0 Å². The number of likely N-dealkylation sites (tertiary alicyclic amines) is 2. The lowest BCUT2D eigenvalue weighted by atomic mass is 10.1. The van der Waals surface area contributed by atoms with Crippen molar-refractivity contribution < 1.29 is 0 Å². The largest absolute Gasteiger partial charge is 0.296 e. The summed E-state index contributed by atoms with van der Waals surface area (Å²) in [5.41, 5.74) is 3.25. The third kappa shape index (κ3) is 2.02. The SMILES string of the molecule is c1ccc2c(c1)C(N1CCCC1)CC2N1CCCC1. The zero-order valence-electron chi connectivity index (χ0n) is 11.7. The minimum absolute atomic E-state index is 0.698. The standard InChI is InChI=1S/C17H24N2/c1-2-8-15-14(7-1)16(18-9-3-4-10-18)13-17(15)19-11-5-6-12-19/h1-2,7-8,16-17H,3-6,9-13H2. The maximum atomic E-state index is 2.73. The number of hydrogen-bond acceptors (Lipinski definition) is 2. The first-order valence-electron chi connectivity index (χ1n) is 8.00. The zero-order chi connectivity index (χ0) is 12.7. The highest BCUT2D eigenvalue weighted by Crippen LogP contribution is 2.46. The Morgan fingerprint density at radius 3 is 1.53 bits per heavy atom. The van der Waals surface area contributed by atoms with Gasteiger partial charge >= 0.3 is 0 Å². The molecule has 0 saturated carbocycles. The van der Waals surface area contributed by atoms with E-state index in [4.69, 9.17) is 0 Å². The van der Waals surface area contributed by atoms with E-state index in [2.05, 4.69) is 34.1 Å². The average molecular weight is 256 g/mol. The second-order valence-corrected chi connectivity index (χ2v) is 6.38. The van der Waals surface area contributed by atoms with Gasteiger partial charge in [-0.1, -0.05) is 24.3 Å². The molecule has 2 unspecified atom stereocenters. The Kier molecular flexibility index (Phi) is 3.08. The van der Waals surface area contributed by atoms with E-state index in [1.54, 1.807) is 11.1 Å². The number of fused-ring (bicyclic) bond motifs is 1. The molecule has 19 heavy (non-hydrogen) atoms. The quantitative estimate of drug-likeness (QED) is 0.800. The van der Waals surface area contributed by atoms with Crippen LogP contribution in [0.4, 0.5) is 0 Å². The molecule has 2 heterocycles. The fourth-order valence-corrected chi connectivity index (χ4v) is 4.38. The molecule has 0 bridgehead atoms. The molecule has 1 aromatic rings. The summed E-state index contributed by atoms with van der Waals surface area (Å²) in [5.74, 6) is 0. The van der Waals surface area contributed by atoms with E-state index in [0.29, 0.717) is 12.1 Å². The maximum absolute atomic E-state index is 2.73. The Bertz CT molecular complexity index is 403. The zero-order valence-corrected chi connectivity index (χ0v) is 11.7. The number of benzene rings is 1. The van der Waals surface area contributed by atoms with Crippen LogP contribution < -0.4 is 0 Å². The lowest BCUT2D eigenvalue weighted by Gasteiger charge is -2.27. The van der Waals surface area contributed by atoms with Crippen LogP contribution in [0.15, 0.2) is 24.3 Å². The minimum Gasteiger partial charge on any atom is -0.296 e. The van der Waals surface area contributed by atoms with Crippen LogP contribution in [0.5, 0.6) is 0 Å². The lowest BCUT2D eigenvalue weighted by molar-refractivity contribution is 0.182. The Labute approximate surface area is 116 Å². The van der Waals surface area contributed by atoms with Gasteiger partial charge in [0, 0.05) is 12.1 Å². The molecule has 4 rings (SSSR count). The predicted molar refractivity (Wildman–Crippen MR) is 78.2 cm³/mol. The Balaban J connectivity index is 1.65. The molecule has 1 aromatic carbocycles. The van der Waals surface area contributed by atoms with E-state index in [1.807, 2.05) is 0 Å². The van der Waals surface area contributed by atoms with Crippen molar-refractivity contribution in [3.63, 3.8) is 0 Å². The molecule has 2 saturated heterocycles. The molecule has 2 fully saturated rings. The van der Waals surface area contributed by atoms with Crippen molar-refractivity contribution in [3.8, 4) is 0 Å². The number of nitrogens with zero attached hydrogens (tertiary/aromatic N) is 2. The van der Waals surface area contributed by atoms with Gasteiger partial charge in [-0.25, -0.2) is 0 Å². The van der Waals surface area contributed by atoms with Gasteiger partial charge in [0.05, 0.1) is 0 Å². The maximum Gasteiger partial charge on any atom is 0.0369 e. The van der Waals surface area contributed by atoms with Crippen LogP contribution in [0.1, 0.15) is 55.3 Å². The van der Waals surface area contributed by atoms with Crippen LogP contribution in [-0.4, -0.2) is 36.0 Å². The molecule has 2 nitrogen and oxygen atoms in total. The van der Waals surface area contributed by atoms with Crippen LogP contribution in [0.25, 0.3) is 0 Å². The third-order valence-corrected chi connectivity index (χ3v) is 5.32. The highest BCUT2D eigenvalue weighted by Gasteiger charge is 2.38. The van der Waals surface area contributed by atoms with Gasteiger partial charge in [0.2, 0.25) is 0 Å². The van der Waals surface area contributed by atoms with E-state index in [9.17, 15) is 0 Å². The van der Waals surface area contributed by atoms with Gasteiger partial charge in [0.25, 0.3) is 0 Å². The van der Waals surface area contributed by atoms with Gasteiger partial charge < -0.3 is 0 Å². The van der Waals surface area contributed by atoms with E-state index in [0.717, 1.165) is 0 Å². The number of hydrogen-bond donors (Lipinski definition) is 0. The van der Waals surface area contributed by atoms with Crippen molar-refractivity contribution in [2.45, 2.75) is 44.2 Å². The van der Waals surface area contributed by atoms with Crippen LogP contribution in [0.2, 0.25) is 0 Å². The summed E-state index contributed by atoms with van der Waals surface area (Å²) in [7, 11) is 0. The molecule has 3 aliphatic rings. The van der Waals surface area contributed by atoms with E-state index in [-0.39, 0.29) is 0 Å². The topological polar surface area (TPSA) is 6.48 Å². The molecule has 2 heteroatoms. The van der Waals surface area contributed by atoms with Gasteiger partial charge in [-0.05, 0) is 69.4 Å². The normalized spacial score (nSPS) is 32.0. The summed E-state index contributed by atoms with van der Waals surface area (Å²) >= 11 is 0. The summed E-state index contributed by atoms with van der Waals surface area (Å²) < 4.78 is 0. The van der Waals surface area contributed by atoms with Gasteiger partial charge in [-0.2, -0.15) is 0 Å². The molecule has 0 amide bonds. The smallest absolute Gasteiger partial charge is 0.0369 e. The summed E-state index contributed by atoms with van der Waals surface area (Å²) in [6, 6.07) is 10.6. The molecule has 2 aliphatic heterocycles. The van der Waals surface area contributed by atoms with Crippen molar-refractivity contribution in [2.24, 2.45) is 0 Å². The molecule has 0 N–H and O–H groups in total. The van der Waals surface area contributed by atoms with Crippen molar-refractivity contribution >= 4 is 0 Å². The first-order valence-corrected chi connectivity index (χ1v) is 8.00. The monoisotopic (exact) mass is 256 g/mol. The minimum atomic E-state index is 0.698. The van der Waals surface area contributed by atoms with Crippen molar-refractivity contribution in [2.75, 3.05) is 26.2 Å². The van der Waals surface area contributed by atoms with E-state index < -0.39 is 0 Å². The molecular formula is C17H24N2. The summed E-state index contributed by atoms with van der Waals surface area (Å²) in [5, 5.41) is 0. The predicted octanol–water partition coefficient (Wildman–Crippen LogP) is 3.36. The van der Waals surface area contributed by atoms with Crippen LogP contribution in [0, 0.1) is 0 Å². The Morgan fingerprint density at radius 2 is 1.11 bits per heavy atom. The van der Waals surface area contributed by atoms with Gasteiger partial charge in [0.15, 0.2) is 0 Å². The average Bonchev–Trinajstić information content (AvgIpc) is 3.18. The van der Waals surface area contributed by atoms with E-state index in [1.165, 1.54) is 58.3 Å². The second-order valence-electron chi connectivity index (χ2n) is 6.38. The van der Waals surface area contributed by atoms with Crippen molar-refractivity contribution in [1.29, 1.82) is 0 Å². The Hall–Kier alpha value is -0.860. The molecule has 1 aliphatic carbocycles. The molecule has 2 atom stereocenters. The molecule has 0 radical (unpaired) electrons. The first kappa shape index (κ1) is 11.9. The van der Waals surface area contributed by atoms with Crippen molar-refractivity contribution in [1.82, 2.24) is 9.80 Å². The fraction of sp³-hybridized carbons (Fsp3) is 0.647. The highest BCUT2D eigenvalue weighted by atomic mass is 15.2. The number of rotatable bonds is 2. The van der Waals surface area contributed by atoms with Gasteiger partial charge in [0.1, 0.15) is 0 Å². The van der Waals surface area contributed by atoms with Gasteiger partial charge in [-0.15, -0.1) is 0 Å². The lowest BCUT2D eigenvalue weighted by Crippen LogP contribution is -2.27. The molecule has 102 valence electrons. The van der Waals surface area contributed by atoms with Crippen LogP contribution >= 0.6 is 0 Å². The highest BCUT2D eigenvalue weighted by molar-refractivity contribution is 5.38. The third-order valence-electron chi connectivity index (χ3n) is 5.32.